The van der Waals surface area contributed by atoms with E-state index in [-0.39, 0.29) is 12.0 Å². The monoisotopic (exact) mass is 441 g/mol. The van der Waals surface area contributed by atoms with Crippen molar-refractivity contribution in [2.45, 2.75) is 54.9 Å². The van der Waals surface area contributed by atoms with Crippen LogP contribution in [0.25, 0.3) is 0 Å². The van der Waals surface area contributed by atoms with Gasteiger partial charge in [0.05, 0.1) is 11.1 Å². The first-order valence-corrected chi connectivity index (χ1v) is 11.9. The van der Waals surface area contributed by atoms with Gasteiger partial charge in [0.1, 0.15) is 6.10 Å². The predicted molar refractivity (Wildman–Crippen MR) is 124 cm³/mol. The average molecular weight is 442 g/mol. The molecule has 1 amide bonds. The van der Waals surface area contributed by atoms with E-state index < -0.39 is 0 Å². The maximum absolute atomic E-state index is 11.4. The first kappa shape index (κ1) is 21.9. The number of rotatable bonds is 6. The Morgan fingerprint density at radius 2 is 1.94 bits per heavy atom. The SMILES string of the molecule is CC(=O)Nc1cccc(Sc2cnc(N3CCN(C)CC3)nc2OC2CCCCC2)c1. The van der Waals surface area contributed by atoms with Gasteiger partial charge in [0, 0.05) is 43.7 Å². The molecular weight excluding hydrogens is 410 g/mol. The fourth-order valence-corrected chi connectivity index (χ4v) is 4.84. The summed E-state index contributed by atoms with van der Waals surface area (Å²) in [5.41, 5.74) is 0.780. The van der Waals surface area contributed by atoms with Crippen LogP contribution in [-0.2, 0) is 4.79 Å². The van der Waals surface area contributed by atoms with Crippen molar-refractivity contribution in [3.05, 3.63) is 30.5 Å². The fraction of sp³-hybridized carbons (Fsp3) is 0.522. The largest absolute Gasteiger partial charge is 0.473 e. The Morgan fingerprint density at radius 3 is 2.68 bits per heavy atom. The highest BCUT2D eigenvalue weighted by Crippen LogP contribution is 2.37. The number of hydrogen-bond acceptors (Lipinski definition) is 7. The zero-order chi connectivity index (χ0) is 21.6. The minimum Gasteiger partial charge on any atom is -0.473 e. The first-order chi connectivity index (χ1) is 15.1. The molecular formula is C23H31N5O2S. The standard InChI is InChI=1S/C23H31N5O2S/c1-17(29)25-18-7-6-10-20(15-18)31-21-16-24-23(28-13-11-27(2)12-14-28)26-22(21)30-19-8-4-3-5-9-19/h6-7,10,15-16,19H,3-5,8-9,11-14H2,1-2H3,(H,25,29). The lowest BCUT2D eigenvalue weighted by molar-refractivity contribution is -0.114. The molecule has 1 saturated heterocycles. The fourth-order valence-electron chi connectivity index (χ4n) is 3.97. The number of anilines is 2. The van der Waals surface area contributed by atoms with E-state index in [1.54, 1.807) is 11.8 Å². The predicted octanol–water partition coefficient (Wildman–Crippen LogP) is 4.05. The van der Waals surface area contributed by atoms with Gasteiger partial charge in [0.2, 0.25) is 17.7 Å². The highest BCUT2D eigenvalue weighted by molar-refractivity contribution is 7.99. The van der Waals surface area contributed by atoms with Crippen LogP contribution in [0.3, 0.4) is 0 Å². The van der Waals surface area contributed by atoms with E-state index in [2.05, 4.69) is 27.1 Å². The van der Waals surface area contributed by atoms with E-state index in [1.807, 2.05) is 30.5 Å². The van der Waals surface area contributed by atoms with Crippen LogP contribution < -0.4 is 15.0 Å². The van der Waals surface area contributed by atoms with Gasteiger partial charge in [-0.25, -0.2) is 4.98 Å². The van der Waals surface area contributed by atoms with E-state index >= 15 is 0 Å². The topological polar surface area (TPSA) is 70.6 Å². The van der Waals surface area contributed by atoms with Gasteiger partial charge in [0.15, 0.2) is 0 Å². The van der Waals surface area contributed by atoms with Crippen molar-refractivity contribution in [3.8, 4) is 5.88 Å². The van der Waals surface area contributed by atoms with E-state index in [0.717, 1.165) is 60.4 Å². The molecule has 0 spiro atoms. The second-order valence-electron chi connectivity index (χ2n) is 8.32. The van der Waals surface area contributed by atoms with Gasteiger partial charge in [-0.2, -0.15) is 4.98 Å². The Hall–Kier alpha value is -2.32. The van der Waals surface area contributed by atoms with E-state index in [0.29, 0.717) is 5.88 Å². The molecule has 4 rings (SSSR count). The summed E-state index contributed by atoms with van der Waals surface area (Å²) in [6, 6.07) is 7.81. The smallest absolute Gasteiger partial charge is 0.232 e. The maximum Gasteiger partial charge on any atom is 0.232 e. The minimum absolute atomic E-state index is 0.0802. The van der Waals surface area contributed by atoms with Gasteiger partial charge < -0.3 is 19.9 Å². The summed E-state index contributed by atoms with van der Waals surface area (Å²) >= 11 is 1.57. The molecule has 31 heavy (non-hydrogen) atoms. The van der Waals surface area contributed by atoms with Gasteiger partial charge in [0.25, 0.3) is 0 Å². The van der Waals surface area contributed by atoms with Gasteiger partial charge in [-0.05, 0) is 50.9 Å². The molecule has 1 aliphatic carbocycles. The zero-order valence-corrected chi connectivity index (χ0v) is 19.2. The molecule has 1 aromatic heterocycles. The third-order valence-corrected chi connectivity index (χ3v) is 6.70. The summed E-state index contributed by atoms with van der Waals surface area (Å²) in [6.45, 7) is 5.37. The summed E-state index contributed by atoms with van der Waals surface area (Å²) in [4.78, 5) is 27.4. The molecule has 1 aromatic carbocycles. The third-order valence-electron chi connectivity index (χ3n) is 5.71. The molecule has 2 aromatic rings. The summed E-state index contributed by atoms with van der Waals surface area (Å²) in [5.74, 6) is 1.34. The van der Waals surface area contributed by atoms with Gasteiger partial charge in [-0.15, -0.1) is 0 Å². The van der Waals surface area contributed by atoms with Crippen LogP contribution >= 0.6 is 11.8 Å². The maximum atomic E-state index is 11.4. The molecule has 0 unspecified atom stereocenters. The third kappa shape index (κ3) is 6.11. The van der Waals surface area contributed by atoms with Crippen molar-refractivity contribution >= 4 is 29.3 Å². The molecule has 166 valence electrons. The second kappa shape index (κ2) is 10.3. The Kier molecular flexibility index (Phi) is 7.29. The second-order valence-corrected chi connectivity index (χ2v) is 9.43. The molecule has 0 bridgehead atoms. The molecule has 7 nitrogen and oxygen atoms in total. The number of amides is 1. The Labute approximate surface area is 188 Å². The molecule has 0 atom stereocenters. The van der Waals surface area contributed by atoms with Crippen LogP contribution in [-0.4, -0.2) is 60.1 Å². The molecule has 8 heteroatoms. The highest BCUT2D eigenvalue weighted by Gasteiger charge is 2.22. The Balaban J connectivity index is 1.57. The number of aromatic nitrogens is 2. The number of piperazine rings is 1. The van der Waals surface area contributed by atoms with Crippen LogP contribution in [0.1, 0.15) is 39.0 Å². The van der Waals surface area contributed by atoms with Gasteiger partial charge in [-0.1, -0.05) is 24.2 Å². The number of hydrogen-bond donors (Lipinski definition) is 1. The molecule has 1 aliphatic heterocycles. The Bertz CT molecular complexity index is 895. The first-order valence-electron chi connectivity index (χ1n) is 11.1. The van der Waals surface area contributed by atoms with Crippen molar-refractivity contribution in [1.29, 1.82) is 0 Å². The number of carbonyl (C=O) groups excluding carboxylic acids is 1. The van der Waals surface area contributed by atoms with Crippen molar-refractivity contribution in [3.63, 3.8) is 0 Å². The number of benzene rings is 1. The number of carbonyl (C=O) groups is 1. The summed E-state index contributed by atoms with van der Waals surface area (Å²) in [5, 5.41) is 2.84. The quantitative estimate of drug-likeness (QED) is 0.725. The van der Waals surface area contributed by atoms with E-state index in [1.165, 1.54) is 26.2 Å². The lowest BCUT2D eigenvalue weighted by atomic mass is 9.98. The number of nitrogens with zero attached hydrogens (tertiary/aromatic N) is 4. The van der Waals surface area contributed by atoms with Crippen molar-refractivity contribution in [1.82, 2.24) is 14.9 Å². The van der Waals surface area contributed by atoms with Crippen LogP contribution in [0, 0.1) is 0 Å². The summed E-state index contributed by atoms with van der Waals surface area (Å²) in [6.07, 6.45) is 7.97. The summed E-state index contributed by atoms with van der Waals surface area (Å²) in [7, 11) is 2.14. The molecule has 2 fully saturated rings. The lowest BCUT2D eigenvalue weighted by Crippen LogP contribution is -2.45. The van der Waals surface area contributed by atoms with Crippen molar-refractivity contribution < 1.29 is 9.53 Å². The lowest BCUT2D eigenvalue weighted by Gasteiger charge is -2.32. The van der Waals surface area contributed by atoms with Crippen LogP contribution in [0.2, 0.25) is 0 Å². The minimum atomic E-state index is -0.0802. The van der Waals surface area contributed by atoms with Gasteiger partial charge in [-0.3, -0.25) is 4.79 Å². The van der Waals surface area contributed by atoms with Crippen LogP contribution in [0.15, 0.2) is 40.3 Å². The molecule has 1 N–H and O–H groups in total. The Morgan fingerprint density at radius 1 is 1.16 bits per heavy atom. The number of nitrogens with one attached hydrogen (secondary N) is 1. The average Bonchev–Trinajstić information content (AvgIpc) is 2.76. The zero-order valence-electron chi connectivity index (χ0n) is 18.3. The molecule has 1 saturated carbocycles. The molecule has 2 aliphatic rings. The van der Waals surface area contributed by atoms with E-state index in [9.17, 15) is 4.79 Å². The van der Waals surface area contributed by atoms with Gasteiger partial charge >= 0.3 is 0 Å². The normalized spacial score (nSPS) is 18.1. The molecule has 0 radical (unpaired) electrons. The highest BCUT2D eigenvalue weighted by atomic mass is 32.2. The van der Waals surface area contributed by atoms with Crippen molar-refractivity contribution in [2.75, 3.05) is 43.4 Å². The summed E-state index contributed by atoms with van der Waals surface area (Å²) < 4.78 is 6.43. The number of ether oxygens (including phenoxy) is 1. The number of likely N-dealkylation sites (N-methyl/N-ethyl adjacent to an activating group) is 1. The van der Waals surface area contributed by atoms with Crippen LogP contribution in [0.5, 0.6) is 5.88 Å². The van der Waals surface area contributed by atoms with Crippen LogP contribution in [0.4, 0.5) is 11.6 Å². The molecule has 2 heterocycles. The van der Waals surface area contributed by atoms with E-state index in [4.69, 9.17) is 9.72 Å². The van der Waals surface area contributed by atoms with Crippen molar-refractivity contribution in [2.24, 2.45) is 0 Å².